The zero-order valence-electron chi connectivity index (χ0n) is 45.2. The van der Waals surface area contributed by atoms with Crippen molar-refractivity contribution >= 4 is 17.9 Å². The molecule has 0 saturated carbocycles. The van der Waals surface area contributed by atoms with Crippen molar-refractivity contribution in [3.8, 4) is 0 Å². The van der Waals surface area contributed by atoms with E-state index in [1.54, 1.807) is 0 Å². The van der Waals surface area contributed by atoms with Gasteiger partial charge < -0.3 is 14.2 Å². The lowest BCUT2D eigenvalue weighted by molar-refractivity contribution is -0.167. The van der Waals surface area contributed by atoms with Crippen LogP contribution in [0.4, 0.5) is 0 Å². The fourth-order valence-electron chi connectivity index (χ4n) is 8.91. The summed E-state index contributed by atoms with van der Waals surface area (Å²) < 4.78 is 16.9. The predicted molar refractivity (Wildman–Crippen MR) is 289 cm³/mol. The topological polar surface area (TPSA) is 78.9 Å². The summed E-state index contributed by atoms with van der Waals surface area (Å²) in [5, 5.41) is 0. The van der Waals surface area contributed by atoms with Gasteiger partial charge in [-0.25, -0.2) is 0 Å². The standard InChI is InChI=1S/C61H114O6/c1-4-7-10-13-16-19-22-25-28-30-32-33-36-39-42-45-48-51-54-60(63)66-57-58(56-65-59(62)53-50-47-44-41-38-35-27-24-21-18-15-12-9-6-3)67-61(64)55-52-49-46-43-40-37-34-31-29-26-23-20-17-14-11-8-5-2/h32-33,35,38,58H,4-31,34,36-37,39-57H2,1-3H3/b33-32-,38-35-. The number of hydrogen-bond acceptors (Lipinski definition) is 6. The second-order valence-electron chi connectivity index (χ2n) is 20.3. The summed E-state index contributed by atoms with van der Waals surface area (Å²) >= 11 is 0. The number of allylic oxidation sites excluding steroid dienone is 4. The maximum atomic E-state index is 12.9. The normalized spacial score (nSPS) is 12.1. The summed E-state index contributed by atoms with van der Waals surface area (Å²) in [5.41, 5.74) is 0. The van der Waals surface area contributed by atoms with E-state index >= 15 is 0 Å². The maximum Gasteiger partial charge on any atom is 0.306 e. The van der Waals surface area contributed by atoms with Crippen LogP contribution in [0.2, 0.25) is 0 Å². The molecule has 0 saturated heterocycles. The van der Waals surface area contributed by atoms with E-state index < -0.39 is 6.10 Å². The number of ether oxygens (including phenoxy) is 3. The first-order chi connectivity index (χ1) is 33.0. The second-order valence-corrected chi connectivity index (χ2v) is 20.3. The molecule has 0 aromatic heterocycles. The molecule has 6 nitrogen and oxygen atoms in total. The van der Waals surface area contributed by atoms with Gasteiger partial charge in [-0.05, 0) is 70.6 Å². The molecule has 0 N–H and O–H groups in total. The first kappa shape index (κ1) is 64.9. The third kappa shape index (κ3) is 54.7. The molecule has 0 aliphatic heterocycles. The summed E-state index contributed by atoms with van der Waals surface area (Å²) in [6, 6.07) is 0. The molecule has 0 radical (unpaired) electrons. The quantitative estimate of drug-likeness (QED) is 0.0262. The number of rotatable bonds is 55. The van der Waals surface area contributed by atoms with Crippen molar-refractivity contribution in [1.29, 1.82) is 0 Å². The average Bonchev–Trinajstić information content (AvgIpc) is 3.33. The van der Waals surface area contributed by atoms with Crippen LogP contribution in [-0.2, 0) is 28.6 Å². The molecule has 1 atom stereocenters. The van der Waals surface area contributed by atoms with Crippen molar-refractivity contribution in [2.24, 2.45) is 0 Å². The highest BCUT2D eigenvalue weighted by molar-refractivity contribution is 5.71. The predicted octanol–water partition coefficient (Wildman–Crippen LogP) is 19.9. The van der Waals surface area contributed by atoms with Gasteiger partial charge in [0, 0.05) is 19.3 Å². The fourth-order valence-corrected chi connectivity index (χ4v) is 8.91. The Kier molecular flexibility index (Phi) is 54.7. The molecule has 394 valence electrons. The summed E-state index contributed by atoms with van der Waals surface area (Å²) in [7, 11) is 0. The summed E-state index contributed by atoms with van der Waals surface area (Å²) in [5.74, 6) is -0.878. The van der Waals surface area contributed by atoms with Crippen LogP contribution in [0.1, 0.15) is 329 Å². The molecule has 67 heavy (non-hydrogen) atoms. The largest absolute Gasteiger partial charge is 0.462 e. The Hall–Kier alpha value is -2.11. The van der Waals surface area contributed by atoms with Crippen LogP contribution in [0.3, 0.4) is 0 Å². The minimum atomic E-state index is -0.777. The lowest BCUT2D eigenvalue weighted by atomic mass is 10.0. The van der Waals surface area contributed by atoms with Crippen molar-refractivity contribution in [2.75, 3.05) is 13.2 Å². The smallest absolute Gasteiger partial charge is 0.306 e. The molecular formula is C61H114O6. The molecule has 0 spiro atoms. The first-order valence-corrected chi connectivity index (χ1v) is 29.8. The summed E-state index contributed by atoms with van der Waals surface area (Å²) in [4.78, 5) is 38.2. The number of esters is 3. The van der Waals surface area contributed by atoms with E-state index in [9.17, 15) is 14.4 Å². The number of carbonyl (C=O) groups is 3. The van der Waals surface area contributed by atoms with Gasteiger partial charge in [0.1, 0.15) is 13.2 Å². The SMILES string of the molecule is CCCCCCCCC/C=C\CCCCCC(=O)OCC(COC(=O)CCCCCCC/C=C\CCCCCCCCCCC)OC(=O)CCCCCCCCCCCCCCCCCCC. The lowest BCUT2D eigenvalue weighted by Crippen LogP contribution is -2.30. The molecule has 0 heterocycles. The molecule has 0 rings (SSSR count). The van der Waals surface area contributed by atoms with Crippen molar-refractivity contribution < 1.29 is 28.6 Å². The molecule has 0 aliphatic carbocycles. The summed E-state index contributed by atoms with van der Waals surface area (Å²) in [6.45, 7) is 6.67. The fraction of sp³-hybridized carbons (Fsp3) is 0.885. The highest BCUT2D eigenvalue weighted by Gasteiger charge is 2.19. The van der Waals surface area contributed by atoms with Gasteiger partial charge in [-0.1, -0.05) is 263 Å². The Balaban J connectivity index is 4.34. The van der Waals surface area contributed by atoms with Gasteiger partial charge in [0.05, 0.1) is 0 Å². The van der Waals surface area contributed by atoms with Gasteiger partial charge in [-0.15, -0.1) is 0 Å². The van der Waals surface area contributed by atoms with Crippen LogP contribution in [-0.4, -0.2) is 37.2 Å². The molecule has 0 amide bonds. The molecule has 0 aromatic rings. The maximum absolute atomic E-state index is 12.9. The van der Waals surface area contributed by atoms with E-state index in [2.05, 4.69) is 45.1 Å². The Labute approximate surface area is 417 Å². The molecule has 0 bridgehead atoms. The molecule has 1 unspecified atom stereocenters. The van der Waals surface area contributed by atoms with Gasteiger partial charge >= 0.3 is 17.9 Å². The van der Waals surface area contributed by atoms with E-state index in [-0.39, 0.29) is 31.1 Å². The van der Waals surface area contributed by atoms with Crippen molar-refractivity contribution in [3.63, 3.8) is 0 Å². The van der Waals surface area contributed by atoms with E-state index in [4.69, 9.17) is 14.2 Å². The van der Waals surface area contributed by atoms with Gasteiger partial charge in [0.15, 0.2) is 6.10 Å². The van der Waals surface area contributed by atoms with Crippen molar-refractivity contribution in [1.82, 2.24) is 0 Å². The first-order valence-electron chi connectivity index (χ1n) is 29.8. The Bertz CT molecular complexity index is 1080. The molecule has 0 aliphatic rings. The van der Waals surface area contributed by atoms with Crippen molar-refractivity contribution in [3.05, 3.63) is 24.3 Å². The van der Waals surface area contributed by atoms with Crippen LogP contribution >= 0.6 is 0 Å². The van der Waals surface area contributed by atoms with E-state index in [1.807, 2.05) is 0 Å². The molecule has 0 aromatic carbocycles. The third-order valence-electron chi connectivity index (χ3n) is 13.4. The third-order valence-corrected chi connectivity index (χ3v) is 13.4. The Morgan fingerprint density at radius 2 is 0.493 bits per heavy atom. The van der Waals surface area contributed by atoms with Crippen LogP contribution in [0.15, 0.2) is 24.3 Å². The Morgan fingerprint density at radius 1 is 0.284 bits per heavy atom. The van der Waals surface area contributed by atoms with E-state index in [1.165, 1.54) is 218 Å². The van der Waals surface area contributed by atoms with Gasteiger partial charge in [0.2, 0.25) is 0 Å². The lowest BCUT2D eigenvalue weighted by Gasteiger charge is -2.18. The van der Waals surface area contributed by atoms with E-state index in [0.29, 0.717) is 19.3 Å². The second kappa shape index (κ2) is 56.5. The van der Waals surface area contributed by atoms with Crippen molar-refractivity contribution in [2.45, 2.75) is 335 Å². The molecule has 0 fully saturated rings. The zero-order chi connectivity index (χ0) is 48.6. The van der Waals surface area contributed by atoms with E-state index in [0.717, 1.165) is 70.6 Å². The monoisotopic (exact) mass is 943 g/mol. The number of hydrogen-bond donors (Lipinski definition) is 0. The van der Waals surface area contributed by atoms with Gasteiger partial charge in [0.25, 0.3) is 0 Å². The Morgan fingerprint density at radius 3 is 0.761 bits per heavy atom. The average molecular weight is 944 g/mol. The highest BCUT2D eigenvalue weighted by Crippen LogP contribution is 2.17. The molecule has 6 heteroatoms. The zero-order valence-corrected chi connectivity index (χ0v) is 45.2. The van der Waals surface area contributed by atoms with Crippen LogP contribution in [0, 0.1) is 0 Å². The van der Waals surface area contributed by atoms with Gasteiger partial charge in [-0.2, -0.15) is 0 Å². The minimum absolute atomic E-state index is 0.0759. The minimum Gasteiger partial charge on any atom is -0.462 e. The van der Waals surface area contributed by atoms with Crippen LogP contribution in [0.5, 0.6) is 0 Å². The number of unbranched alkanes of at least 4 members (excludes halogenated alkanes) is 40. The molecular weight excluding hydrogens is 829 g/mol. The summed E-state index contributed by atoms with van der Waals surface area (Å²) in [6.07, 6.45) is 66.0. The highest BCUT2D eigenvalue weighted by atomic mass is 16.6. The van der Waals surface area contributed by atoms with Gasteiger partial charge in [-0.3, -0.25) is 14.4 Å². The van der Waals surface area contributed by atoms with Crippen LogP contribution in [0.25, 0.3) is 0 Å². The number of carbonyl (C=O) groups excluding carboxylic acids is 3. The van der Waals surface area contributed by atoms with Crippen LogP contribution < -0.4 is 0 Å².